The molecule has 5 heteroatoms. The Labute approximate surface area is 89.9 Å². The normalized spacial score (nSPS) is 31.6. The molecular formula is C10H18N2O3. The fourth-order valence-electron chi connectivity index (χ4n) is 2.46. The van der Waals surface area contributed by atoms with Crippen molar-refractivity contribution in [3.05, 3.63) is 0 Å². The van der Waals surface area contributed by atoms with Crippen molar-refractivity contribution >= 4 is 6.16 Å². The van der Waals surface area contributed by atoms with Gasteiger partial charge in [-0.25, -0.2) is 4.79 Å². The molecule has 0 aromatic heterocycles. The lowest BCUT2D eigenvalue weighted by Crippen LogP contribution is -2.33. The molecule has 2 aliphatic rings. The molecule has 15 heavy (non-hydrogen) atoms. The molecule has 0 spiro atoms. The van der Waals surface area contributed by atoms with Crippen molar-refractivity contribution in [2.45, 2.75) is 19.4 Å². The molecule has 2 fully saturated rings. The number of rotatable bonds is 2. The van der Waals surface area contributed by atoms with Crippen LogP contribution in [0.15, 0.2) is 0 Å². The van der Waals surface area contributed by atoms with Gasteiger partial charge in [0.05, 0.1) is 13.2 Å². The van der Waals surface area contributed by atoms with Crippen LogP contribution >= 0.6 is 0 Å². The van der Waals surface area contributed by atoms with Crippen LogP contribution in [0.25, 0.3) is 0 Å². The Morgan fingerprint density at radius 2 is 2.27 bits per heavy atom. The molecule has 2 rings (SSSR count). The van der Waals surface area contributed by atoms with Crippen LogP contribution in [0.2, 0.25) is 0 Å². The predicted molar refractivity (Wildman–Crippen MR) is 54.2 cm³/mol. The SMILES string of the molecule is CCOC(=O)ON1CC2CCN(C)C2C1. The first-order chi connectivity index (χ1) is 7.20. The van der Waals surface area contributed by atoms with Crippen molar-refractivity contribution in [1.29, 1.82) is 0 Å². The van der Waals surface area contributed by atoms with Gasteiger partial charge in [-0.05, 0) is 32.9 Å². The maximum atomic E-state index is 11.1. The average molecular weight is 214 g/mol. The summed E-state index contributed by atoms with van der Waals surface area (Å²) < 4.78 is 4.74. The van der Waals surface area contributed by atoms with Gasteiger partial charge in [-0.3, -0.25) is 0 Å². The summed E-state index contributed by atoms with van der Waals surface area (Å²) in [6.07, 6.45) is 0.615. The van der Waals surface area contributed by atoms with Gasteiger partial charge in [0.1, 0.15) is 0 Å². The third kappa shape index (κ3) is 2.23. The number of nitrogens with zero attached hydrogens (tertiary/aromatic N) is 2. The van der Waals surface area contributed by atoms with E-state index in [9.17, 15) is 4.79 Å². The van der Waals surface area contributed by atoms with Gasteiger partial charge in [-0.1, -0.05) is 0 Å². The van der Waals surface area contributed by atoms with Crippen LogP contribution in [-0.2, 0) is 9.57 Å². The molecular weight excluding hydrogens is 196 g/mol. The van der Waals surface area contributed by atoms with E-state index in [1.807, 2.05) is 0 Å². The average Bonchev–Trinajstić information content (AvgIpc) is 2.69. The van der Waals surface area contributed by atoms with E-state index in [1.165, 1.54) is 6.42 Å². The summed E-state index contributed by atoms with van der Waals surface area (Å²) in [4.78, 5) is 18.5. The Morgan fingerprint density at radius 3 is 2.93 bits per heavy atom. The molecule has 0 amide bonds. The zero-order valence-electron chi connectivity index (χ0n) is 9.31. The number of carbonyl (C=O) groups is 1. The molecule has 2 aliphatic heterocycles. The molecule has 0 saturated carbocycles. The van der Waals surface area contributed by atoms with Crippen molar-refractivity contribution in [3.63, 3.8) is 0 Å². The highest BCUT2D eigenvalue weighted by molar-refractivity contribution is 5.59. The van der Waals surface area contributed by atoms with Crippen molar-refractivity contribution in [2.24, 2.45) is 5.92 Å². The Balaban J connectivity index is 1.81. The van der Waals surface area contributed by atoms with Crippen molar-refractivity contribution in [2.75, 3.05) is 33.3 Å². The molecule has 0 aliphatic carbocycles. The standard InChI is InChI=1S/C10H18N2O3/c1-3-14-10(13)15-12-6-8-4-5-11(2)9(8)7-12/h8-9H,3-7H2,1-2H3. The van der Waals surface area contributed by atoms with Gasteiger partial charge in [0.15, 0.2) is 0 Å². The number of carbonyl (C=O) groups excluding carboxylic acids is 1. The number of hydrogen-bond acceptors (Lipinski definition) is 5. The molecule has 86 valence electrons. The molecule has 0 aromatic carbocycles. The molecule has 2 atom stereocenters. The summed E-state index contributed by atoms with van der Waals surface area (Å²) in [5.74, 6) is 0.643. The quantitative estimate of drug-likeness (QED) is 0.633. The number of ether oxygens (including phenoxy) is 1. The fourth-order valence-corrected chi connectivity index (χ4v) is 2.46. The van der Waals surface area contributed by atoms with Gasteiger partial charge < -0.3 is 14.5 Å². The minimum Gasteiger partial charge on any atom is -0.433 e. The first-order valence-electron chi connectivity index (χ1n) is 5.50. The number of hydroxylamine groups is 2. The molecule has 0 bridgehead atoms. The van der Waals surface area contributed by atoms with Crippen molar-refractivity contribution < 1.29 is 14.4 Å². The van der Waals surface area contributed by atoms with E-state index in [-0.39, 0.29) is 0 Å². The van der Waals surface area contributed by atoms with Crippen molar-refractivity contribution in [1.82, 2.24) is 9.96 Å². The van der Waals surface area contributed by atoms with Gasteiger partial charge in [0.2, 0.25) is 0 Å². The summed E-state index contributed by atoms with van der Waals surface area (Å²) in [6.45, 7) is 4.93. The molecule has 2 saturated heterocycles. The van der Waals surface area contributed by atoms with Crippen LogP contribution in [0.3, 0.4) is 0 Å². The molecule has 2 heterocycles. The smallest absolute Gasteiger partial charge is 0.433 e. The molecule has 2 unspecified atom stereocenters. The number of likely N-dealkylation sites (N-methyl/N-ethyl adjacent to an activating group) is 1. The number of likely N-dealkylation sites (tertiary alicyclic amines) is 1. The Morgan fingerprint density at radius 1 is 1.47 bits per heavy atom. The maximum absolute atomic E-state index is 11.1. The second-order valence-corrected chi connectivity index (χ2v) is 4.22. The lowest BCUT2D eigenvalue weighted by Gasteiger charge is -2.19. The van der Waals surface area contributed by atoms with E-state index < -0.39 is 6.16 Å². The monoisotopic (exact) mass is 214 g/mol. The van der Waals surface area contributed by atoms with Crippen LogP contribution in [0.4, 0.5) is 4.79 Å². The van der Waals surface area contributed by atoms with Crippen LogP contribution < -0.4 is 0 Å². The molecule has 0 aromatic rings. The molecule has 0 N–H and O–H groups in total. The van der Waals surface area contributed by atoms with Crippen LogP contribution in [0, 0.1) is 5.92 Å². The van der Waals surface area contributed by atoms with E-state index >= 15 is 0 Å². The largest absolute Gasteiger partial charge is 0.527 e. The third-order valence-electron chi connectivity index (χ3n) is 3.26. The van der Waals surface area contributed by atoms with Gasteiger partial charge in [-0.15, -0.1) is 5.06 Å². The second kappa shape index (κ2) is 4.37. The van der Waals surface area contributed by atoms with Crippen LogP contribution in [0.1, 0.15) is 13.3 Å². The topological polar surface area (TPSA) is 42.0 Å². The van der Waals surface area contributed by atoms with E-state index in [1.54, 1.807) is 12.0 Å². The zero-order chi connectivity index (χ0) is 10.8. The highest BCUT2D eigenvalue weighted by Crippen LogP contribution is 2.30. The number of hydrogen-bond donors (Lipinski definition) is 0. The fraction of sp³-hybridized carbons (Fsp3) is 0.900. The highest BCUT2D eigenvalue weighted by Gasteiger charge is 2.41. The third-order valence-corrected chi connectivity index (χ3v) is 3.26. The lowest BCUT2D eigenvalue weighted by atomic mass is 10.1. The zero-order valence-corrected chi connectivity index (χ0v) is 9.31. The van der Waals surface area contributed by atoms with Crippen molar-refractivity contribution in [3.8, 4) is 0 Å². The van der Waals surface area contributed by atoms with Gasteiger partial charge >= 0.3 is 6.16 Å². The first kappa shape index (κ1) is 10.7. The summed E-state index contributed by atoms with van der Waals surface area (Å²) in [5, 5.41) is 1.73. The first-order valence-corrected chi connectivity index (χ1v) is 5.50. The maximum Gasteiger partial charge on any atom is 0.527 e. The van der Waals surface area contributed by atoms with Crippen LogP contribution in [-0.4, -0.2) is 55.4 Å². The molecule has 5 nitrogen and oxygen atoms in total. The second-order valence-electron chi connectivity index (χ2n) is 4.22. The van der Waals surface area contributed by atoms with E-state index in [2.05, 4.69) is 11.9 Å². The lowest BCUT2D eigenvalue weighted by molar-refractivity contribution is -0.117. The Hall–Kier alpha value is -0.810. The van der Waals surface area contributed by atoms with Gasteiger partial charge in [0.25, 0.3) is 0 Å². The minimum absolute atomic E-state index is 0.361. The van der Waals surface area contributed by atoms with E-state index in [0.29, 0.717) is 18.6 Å². The summed E-state index contributed by atoms with van der Waals surface area (Å²) >= 11 is 0. The van der Waals surface area contributed by atoms with Gasteiger partial charge in [0, 0.05) is 12.6 Å². The minimum atomic E-state index is -0.583. The highest BCUT2D eigenvalue weighted by atomic mass is 16.8. The van der Waals surface area contributed by atoms with Gasteiger partial charge in [-0.2, -0.15) is 0 Å². The predicted octanol–water partition coefficient (Wildman–Crippen LogP) is 0.710. The Kier molecular flexibility index (Phi) is 3.11. The van der Waals surface area contributed by atoms with E-state index in [0.717, 1.165) is 19.6 Å². The molecule has 0 radical (unpaired) electrons. The number of fused-ring (bicyclic) bond motifs is 1. The summed E-state index contributed by atoms with van der Waals surface area (Å²) in [5.41, 5.74) is 0. The van der Waals surface area contributed by atoms with E-state index in [4.69, 9.17) is 9.57 Å². The summed E-state index contributed by atoms with van der Waals surface area (Å²) in [6, 6.07) is 0.541. The van der Waals surface area contributed by atoms with Crippen LogP contribution in [0.5, 0.6) is 0 Å². The summed E-state index contributed by atoms with van der Waals surface area (Å²) in [7, 11) is 2.12. The Bertz CT molecular complexity index is 247.